The first-order chi connectivity index (χ1) is 15.0. The van der Waals surface area contributed by atoms with Gasteiger partial charge in [0, 0.05) is 24.6 Å². The topological polar surface area (TPSA) is 86.2 Å². The van der Waals surface area contributed by atoms with Crippen molar-refractivity contribution in [1.82, 2.24) is 20.3 Å². The summed E-state index contributed by atoms with van der Waals surface area (Å²) in [6, 6.07) is 1.88. The van der Waals surface area contributed by atoms with Crippen LogP contribution in [0.5, 0.6) is 11.9 Å². The smallest absolute Gasteiger partial charge is 0.316 e. The number of ether oxygens (including phenoxy) is 2. The van der Waals surface area contributed by atoms with Crippen LogP contribution in [0.2, 0.25) is 0 Å². The molecule has 0 bridgehead atoms. The van der Waals surface area contributed by atoms with Crippen LogP contribution in [0, 0.1) is 5.92 Å². The van der Waals surface area contributed by atoms with Gasteiger partial charge in [-0.15, -0.1) is 0 Å². The van der Waals surface area contributed by atoms with Crippen LogP contribution in [0.15, 0.2) is 24.7 Å². The number of carbonyl (C=O) groups is 1. The van der Waals surface area contributed by atoms with E-state index in [-0.39, 0.29) is 41.2 Å². The van der Waals surface area contributed by atoms with Crippen LogP contribution in [0.4, 0.5) is 8.78 Å². The van der Waals surface area contributed by atoms with Crippen molar-refractivity contribution in [3.8, 4) is 11.9 Å². The maximum Gasteiger partial charge on any atom is 0.316 e. The molecule has 3 rings (SSSR count). The summed E-state index contributed by atoms with van der Waals surface area (Å²) in [5, 5.41) is 3.08. The Kier molecular flexibility index (Phi) is 7.70. The number of hydrogen-bond donors (Lipinski definition) is 1. The summed E-state index contributed by atoms with van der Waals surface area (Å²) < 4.78 is 37.3. The van der Waals surface area contributed by atoms with Gasteiger partial charge in [0.05, 0.1) is 25.3 Å². The normalized spacial score (nSPS) is 19.7. The molecule has 1 N–H and O–H groups in total. The molecule has 1 saturated carbocycles. The summed E-state index contributed by atoms with van der Waals surface area (Å²) in [5.41, 5.74) is 0.888. The van der Waals surface area contributed by atoms with Crippen LogP contribution < -0.4 is 14.8 Å². The Morgan fingerprint density at radius 2 is 1.81 bits per heavy atom. The van der Waals surface area contributed by atoms with Crippen molar-refractivity contribution in [2.45, 2.75) is 57.4 Å². The Hall–Kier alpha value is -2.84. The molecule has 1 aliphatic carbocycles. The number of pyridine rings is 1. The Bertz CT molecular complexity index is 872. The number of hydrogen-bond acceptors (Lipinski definition) is 6. The molecule has 2 aromatic rings. The first-order valence-electron chi connectivity index (χ1n) is 10.5. The van der Waals surface area contributed by atoms with E-state index in [0.717, 1.165) is 32.1 Å². The van der Waals surface area contributed by atoms with E-state index in [1.807, 2.05) is 6.92 Å². The van der Waals surface area contributed by atoms with Gasteiger partial charge in [0.15, 0.2) is 0 Å². The molecule has 168 valence electrons. The average Bonchev–Trinajstić information content (AvgIpc) is 2.81. The first-order valence-corrected chi connectivity index (χ1v) is 10.5. The Labute approximate surface area is 180 Å². The fraction of sp³-hybridized carbons (Fsp3) is 0.545. The fourth-order valence-corrected chi connectivity index (χ4v) is 4.38. The van der Waals surface area contributed by atoms with Crippen LogP contribution in [0.25, 0.3) is 0 Å². The molecule has 2 aromatic heterocycles. The molecular formula is C22H28F2N4O3. The Balaban J connectivity index is 1.64. The van der Waals surface area contributed by atoms with E-state index < -0.39 is 6.43 Å². The van der Waals surface area contributed by atoms with Crippen molar-refractivity contribution in [3.63, 3.8) is 0 Å². The summed E-state index contributed by atoms with van der Waals surface area (Å²) in [4.78, 5) is 24.5. The highest BCUT2D eigenvalue weighted by atomic mass is 19.3. The molecule has 1 fully saturated rings. The summed E-state index contributed by atoms with van der Waals surface area (Å²) in [5.74, 6) is 0.0777. The SMILES string of the molecule is CCC(NC(=O)c1cnc(OC)nc1)[C@H]1CC[C@@H](c2ccnc(OC)c2C(F)F)CC1. The quantitative estimate of drug-likeness (QED) is 0.666. The number of methoxy groups -OCH3 is 2. The fourth-order valence-electron chi connectivity index (χ4n) is 4.38. The highest BCUT2D eigenvalue weighted by Gasteiger charge is 2.32. The summed E-state index contributed by atoms with van der Waals surface area (Å²) in [6.45, 7) is 2.03. The highest BCUT2D eigenvalue weighted by molar-refractivity contribution is 5.93. The van der Waals surface area contributed by atoms with Crippen molar-refractivity contribution in [2.75, 3.05) is 14.2 Å². The van der Waals surface area contributed by atoms with Gasteiger partial charge >= 0.3 is 6.01 Å². The number of rotatable bonds is 8. The van der Waals surface area contributed by atoms with E-state index in [2.05, 4.69) is 20.3 Å². The van der Waals surface area contributed by atoms with Crippen LogP contribution in [-0.2, 0) is 0 Å². The molecule has 1 aliphatic rings. The lowest BCUT2D eigenvalue weighted by molar-refractivity contribution is 0.0907. The number of carbonyl (C=O) groups excluding carboxylic acids is 1. The number of aromatic nitrogens is 3. The molecule has 1 unspecified atom stereocenters. The zero-order chi connectivity index (χ0) is 22.4. The molecular weight excluding hydrogens is 406 g/mol. The number of alkyl halides is 2. The van der Waals surface area contributed by atoms with Gasteiger partial charge in [-0.2, -0.15) is 0 Å². The minimum atomic E-state index is -2.63. The third-order valence-electron chi connectivity index (χ3n) is 6.01. The second kappa shape index (κ2) is 10.5. The molecule has 1 amide bonds. The van der Waals surface area contributed by atoms with E-state index in [1.54, 1.807) is 6.07 Å². The molecule has 0 radical (unpaired) electrons. The average molecular weight is 434 g/mol. The third-order valence-corrected chi connectivity index (χ3v) is 6.01. The third kappa shape index (κ3) is 5.26. The van der Waals surface area contributed by atoms with Gasteiger partial charge in [0.2, 0.25) is 5.88 Å². The minimum absolute atomic E-state index is 0.00269. The van der Waals surface area contributed by atoms with E-state index >= 15 is 0 Å². The molecule has 0 spiro atoms. The molecule has 0 saturated heterocycles. The predicted octanol–water partition coefficient (Wildman–Crippen LogP) is 4.31. The lowest BCUT2D eigenvalue weighted by Crippen LogP contribution is -2.41. The highest BCUT2D eigenvalue weighted by Crippen LogP contribution is 2.42. The van der Waals surface area contributed by atoms with Gasteiger partial charge in [0.1, 0.15) is 0 Å². The molecule has 0 aliphatic heterocycles. The zero-order valence-electron chi connectivity index (χ0n) is 18.0. The molecule has 1 atom stereocenters. The maximum atomic E-state index is 13.7. The number of nitrogens with zero attached hydrogens (tertiary/aromatic N) is 3. The van der Waals surface area contributed by atoms with Gasteiger partial charge in [-0.1, -0.05) is 6.92 Å². The molecule has 31 heavy (non-hydrogen) atoms. The number of amides is 1. The number of halogens is 2. The first kappa shape index (κ1) is 22.8. The Morgan fingerprint density at radius 1 is 1.13 bits per heavy atom. The van der Waals surface area contributed by atoms with Gasteiger partial charge in [-0.25, -0.2) is 23.7 Å². The second-order valence-corrected chi connectivity index (χ2v) is 7.68. The van der Waals surface area contributed by atoms with Crippen LogP contribution >= 0.6 is 0 Å². The van der Waals surface area contributed by atoms with Crippen LogP contribution in [0.3, 0.4) is 0 Å². The lowest BCUT2D eigenvalue weighted by Gasteiger charge is -2.34. The van der Waals surface area contributed by atoms with E-state index in [1.165, 1.54) is 32.8 Å². The lowest BCUT2D eigenvalue weighted by atomic mass is 9.74. The van der Waals surface area contributed by atoms with Gasteiger partial charge in [0.25, 0.3) is 12.3 Å². The molecule has 9 heteroatoms. The predicted molar refractivity (Wildman–Crippen MR) is 111 cm³/mol. The summed E-state index contributed by atoms with van der Waals surface area (Å²) in [7, 11) is 2.82. The maximum absolute atomic E-state index is 13.7. The van der Waals surface area contributed by atoms with Crippen LogP contribution in [0.1, 0.15) is 72.9 Å². The largest absolute Gasteiger partial charge is 0.481 e. The van der Waals surface area contributed by atoms with Gasteiger partial charge < -0.3 is 14.8 Å². The van der Waals surface area contributed by atoms with Crippen molar-refractivity contribution >= 4 is 5.91 Å². The summed E-state index contributed by atoms with van der Waals surface area (Å²) >= 11 is 0. The van der Waals surface area contributed by atoms with E-state index in [4.69, 9.17) is 9.47 Å². The van der Waals surface area contributed by atoms with Crippen molar-refractivity contribution in [3.05, 3.63) is 41.3 Å². The molecule has 7 nitrogen and oxygen atoms in total. The number of nitrogens with one attached hydrogen (secondary N) is 1. The monoisotopic (exact) mass is 434 g/mol. The Morgan fingerprint density at radius 3 is 2.35 bits per heavy atom. The standard InChI is InChI=1S/C22H28F2N4O3/c1-4-17(28-20(29)15-11-26-22(31-3)27-12-15)14-7-5-13(6-8-14)16-9-10-25-21(30-2)18(16)19(23)24/h9-14,17,19H,4-8H2,1-3H3,(H,28,29)/t13-,14+,17?. The van der Waals surface area contributed by atoms with Crippen LogP contribution in [-0.4, -0.2) is 41.1 Å². The molecule has 2 heterocycles. The second-order valence-electron chi connectivity index (χ2n) is 7.68. The molecule has 0 aromatic carbocycles. The summed E-state index contributed by atoms with van der Waals surface area (Å²) in [6.07, 6.45) is 5.78. The van der Waals surface area contributed by atoms with E-state index in [9.17, 15) is 13.6 Å². The van der Waals surface area contributed by atoms with E-state index in [0.29, 0.717) is 11.1 Å². The van der Waals surface area contributed by atoms with Gasteiger partial charge in [-0.05, 0) is 55.6 Å². The minimum Gasteiger partial charge on any atom is -0.481 e. The van der Waals surface area contributed by atoms with Gasteiger partial charge in [-0.3, -0.25) is 4.79 Å². The zero-order valence-corrected chi connectivity index (χ0v) is 18.0. The van der Waals surface area contributed by atoms with Crippen molar-refractivity contribution in [1.29, 1.82) is 0 Å². The van der Waals surface area contributed by atoms with Crippen molar-refractivity contribution in [2.24, 2.45) is 5.92 Å². The van der Waals surface area contributed by atoms with Crippen molar-refractivity contribution < 1.29 is 23.0 Å².